The van der Waals surface area contributed by atoms with Gasteiger partial charge in [0.2, 0.25) is 5.95 Å². The van der Waals surface area contributed by atoms with Gasteiger partial charge in [-0.25, -0.2) is 4.98 Å². The predicted octanol–water partition coefficient (Wildman–Crippen LogP) is 6.24. The second-order valence-electron chi connectivity index (χ2n) is 9.87. The summed E-state index contributed by atoms with van der Waals surface area (Å²) in [6, 6.07) is 32.3. The molecule has 4 aromatic carbocycles. The van der Waals surface area contributed by atoms with Gasteiger partial charge in [0, 0.05) is 5.56 Å². The normalized spacial score (nSPS) is 16.6. The highest BCUT2D eigenvalue weighted by Crippen LogP contribution is 2.34. The lowest BCUT2D eigenvalue weighted by Gasteiger charge is -2.19. The minimum Gasteiger partial charge on any atom is -0.497 e. The summed E-state index contributed by atoms with van der Waals surface area (Å²) >= 11 is 0. The van der Waals surface area contributed by atoms with Gasteiger partial charge in [-0.15, -0.1) is 0 Å². The van der Waals surface area contributed by atoms with Crippen LogP contribution in [0.2, 0.25) is 0 Å². The molecular weight excluding hydrogens is 502 g/mol. The zero-order chi connectivity index (χ0) is 27.5. The number of hydrogen-bond acceptors (Lipinski definition) is 5. The van der Waals surface area contributed by atoms with Crippen LogP contribution < -0.4 is 15.6 Å². The number of aromatic nitrogens is 2. The number of carbonyl (C=O) groups excluding carboxylic acids is 1. The van der Waals surface area contributed by atoms with Gasteiger partial charge in [0.05, 0.1) is 36.8 Å². The first kappa shape index (κ1) is 25.5. The Hall–Kier alpha value is -4.75. The number of benzene rings is 4. The average Bonchev–Trinajstić information content (AvgIpc) is 3.48. The summed E-state index contributed by atoms with van der Waals surface area (Å²) < 4.78 is 13.2. The third-order valence-electron chi connectivity index (χ3n) is 7.31. The van der Waals surface area contributed by atoms with E-state index in [0.717, 1.165) is 35.3 Å². The zero-order valence-electron chi connectivity index (χ0n) is 22.1. The van der Waals surface area contributed by atoms with E-state index in [4.69, 9.17) is 14.5 Å². The molecule has 2 unspecified atom stereocenters. The molecule has 1 amide bonds. The Morgan fingerprint density at radius 3 is 2.38 bits per heavy atom. The van der Waals surface area contributed by atoms with Crippen LogP contribution in [0, 0.1) is 0 Å². The van der Waals surface area contributed by atoms with Crippen molar-refractivity contribution in [2.24, 2.45) is 0 Å². The smallest absolute Gasteiger partial charge is 0.262 e. The predicted molar refractivity (Wildman–Crippen MR) is 156 cm³/mol. The molecule has 7 heteroatoms. The molecular formula is C33H29N3O4. The van der Waals surface area contributed by atoms with Crippen LogP contribution in [0.3, 0.4) is 0 Å². The monoisotopic (exact) mass is 531 g/mol. The van der Waals surface area contributed by atoms with Crippen LogP contribution in [0.25, 0.3) is 22.0 Å². The molecule has 2 heterocycles. The first-order chi connectivity index (χ1) is 19.6. The number of nitrogens with one attached hydrogen (secondary N) is 1. The Balaban J connectivity index is 1.34. The van der Waals surface area contributed by atoms with E-state index in [-0.39, 0.29) is 36.2 Å². The van der Waals surface area contributed by atoms with Gasteiger partial charge < -0.3 is 9.47 Å². The van der Waals surface area contributed by atoms with Gasteiger partial charge in [-0.05, 0) is 65.9 Å². The number of amides is 1. The third-order valence-corrected chi connectivity index (χ3v) is 7.31. The minimum atomic E-state index is -0.330. The number of hydrogen-bond donors (Lipinski definition) is 1. The molecule has 0 spiro atoms. The summed E-state index contributed by atoms with van der Waals surface area (Å²) in [5.41, 5.74) is 3.82. The summed E-state index contributed by atoms with van der Waals surface area (Å²) in [5, 5.41) is 3.38. The lowest BCUT2D eigenvalue weighted by Crippen LogP contribution is -2.31. The largest absolute Gasteiger partial charge is 0.497 e. The summed E-state index contributed by atoms with van der Waals surface area (Å²) in [5.74, 6) is 0.664. The van der Waals surface area contributed by atoms with Gasteiger partial charge in [-0.1, -0.05) is 66.7 Å². The van der Waals surface area contributed by atoms with Crippen LogP contribution in [0.4, 0.5) is 5.95 Å². The number of rotatable bonds is 7. The highest BCUT2D eigenvalue weighted by molar-refractivity contribution is 6.03. The molecule has 2 atom stereocenters. The van der Waals surface area contributed by atoms with Crippen molar-refractivity contribution in [2.45, 2.75) is 31.6 Å². The van der Waals surface area contributed by atoms with E-state index in [2.05, 4.69) is 5.32 Å². The van der Waals surface area contributed by atoms with E-state index in [9.17, 15) is 9.59 Å². The molecule has 0 radical (unpaired) electrons. The average molecular weight is 532 g/mol. The Morgan fingerprint density at radius 1 is 0.925 bits per heavy atom. The fourth-order valence-corrected chi connectivity index (χ4v) is 5.17. The molecule has 0 saturated carbocycles. The molecule has 1 aliphatic heterocycles. The third kappa shape index (κ3) is 5.24. The van der Waals surface area contributed by atoms with Crippen molar-refractivity contribution < 1.29 is 14.3 Å². The SMILES string of the molecule is COc1ccc(C2CCC(Cn3c(NC(=O)c4ccccc4)nc4cc(-c5ccccc5)ccc4c3=O)O2)cc1. The molecule has 40 heavy (non-hydrogen) atoms. The maximum Gasteiger partial charge on any atom is 0.262 e. The summed E-state index contributed by atoms with van der Waals surface area (Å²) in [4.78, 5) is 31.7. The highest BCUT2D eigenvalue weighted by Gasteiger charge is 2.28. The molecule has 0 bridgehead atoms. The number of methoxy groups -OCH3 is 1. The highest BCUT2D eigenvalue weighted by atomic mass is 16.5. The molecule has 1 fully saturated rings. The topological polar surface area (TPSA) is 82.5 Å². The maximum absolute atomic E-state index is 13.8. The van der Waals surface area contributed by atoms with E-state index in [0.29, 0.717) is 16.5 Å². The van der Waals surface area contributed by atoms with Crippen molar-refractivity contribution >= 4 is 22.8 Å². The molecule has 1 aliphatic rings. The van der Waals surface area contributed by atoms with Gasteiger partial charge in [0.25, 0.3) is 11.5 Å². The molecule has 0 aliphatic carbocycles. The Labute approximate surface area is 232 Å². The van der Waals surface area contributed by atoms with Gasteiger partial charge in [0.15, 0.2) is 0 Å². The fourth-order valence-electron chi connectivity index (χ4n) is 5.17. The van der Waals surface area contributed by atoms with Crippen molar-refractivity contribution in [2.75, 3.05) is 12.4 Å². The van der Waals surface area contributed by atoms with E-state index < -0.39 is 0 Å². The van der Waals surface area contributed by atoms with Gasteiger partial charge >= 0.3 is 0 Å². The summed E-state index contributed by atoms with van der Waals surface area (Å²) in [6.07, 6.45) is 1.33. The first-order valence-corrected chi connectivity index (χ1v) is 13.3. The van der Waals surface area contributed by atoms with Crippen LogP contribution >= 0.6 is 0 Å². The van der Waals surface area contributed by atoms with Crippen LogP contribution in [-0.4, -0.2) is 28.7 Å². The summed E-state index contributed by atoms with van der Waals surface area (Å²) in [6.45, 7) is 0.277. The molecule has 1 saturated heterocycles. The van der Waals surface area contributed by atoms with Crippen LogP contribution in [0.1, 0.15) is 34.9 Å². The Morgan fingerprint density at radius 2 is 1.65 bits per heavy atom. The van der Waals surface area contributed by atoms with E-state index in [1.54, 1.807) is 31.4 Å². The molecule has 7 nitrogen and oxygen atoms in total. The van der Waals surface area contributed by atoms with Crippen molar-refractivity contribution in [1.29, 1.82) is 0 Å². The minimum absolute atomic E-state index is 0.0733. The van der Waals surface area contributed by atoms with E-state index in [1.165, 1.54) is 4.57 Å². The Kier molecular flexibility index (Phi) is 7.12. The number of nitrogens with zero attached hydrogens (tertiary/aromatic N) is 2. The van der Waals surface area contributed by atoms with Crippen molar-refractivity contribution in [1.82, 2.24) is 9.55 Å². The zero-order valence-corrected chi connectivity index (χ0v) is 22.1. The quantitative estimate of drug-likeness (QED) is 0.269. The number of fused-ring (bicyclic) bond motifs is 1. The fraction of sp³-hybridized carbons (Fsp3) is 0.182. The van der Waals surface area contributed by atoms with Crippen molar-refractivity contribution in [3.05, 3.63) is 125 Å². The number of ether oxygens (including phenoxy) is 2. The van der Waals surface area contributed by atoms with Gasteiger partial charge in [-0.2, -0.15) is 0 Å². The summed E-state index contributed by atoms with van der Waals surface area (Å²) in [7, 11) is 1.64. The second kappa shape index (κ2) is 11.2. The van der Waals surface area contributed by atoms with E-state index >= 15 is 0 Å². The van der Waals surface area contributed by atoms with E-state index in [1.807, 2.05) is 78.9 Å². The molecule has 6 rings (SSSR count). The second-order valence-corrected chi connectivity index (χ2v) is 9.87. The van der Waals surface area contributed by atoms with Crippen molar-refractivity contribution in [3.63, 3.8) is 0 Å². The number of anilines is 1. The maximum atomic E-state index is 13.8. The number of carbonyl (C=O) groups is 1. The Bertz CT molecular complexity index is 1700. The first-order valence-electron chi connectivity index (χ1n) is 13.3. The molecule has 5 aromatic rings. The van der Waals surface area contributed by atoms with Gasteiger partial charge in [-0.3, -0.25) is 19.5 Å². The standard InChI is InChI=1S/C33H29N3O4/c1-39-26-15-12-23(13-16-26)30-19-17-27(40-30)21-36-32(38)28-18-14-25(22-8-4-2-5-9-22)20-29(28)34-33(36)35-31(37)24-10-6-3-7-11-24/h2-16,18,20,27,30H,17,19,21H2,1H3,(H,34,35,37). The van der Waals surface area contributed by atoms with Crippen LogP contribution in [0.15, 0.2) is 108 Å². The lowest BCUT2D eigenvalue weighted by molar-refractivity contribution is 0.0347. The van der Waals surface area contributed by atoms with Crippen molar-refractivity contribution in [3.8, 4) is 16.9 Å². The molecule has 1 aromatic heterocycles. The van der Waals surface area contributed by atoms with Crippen LogP contribution in [0.5, 0.6) is 5.75 Å². The molecule has 1 N–H and O–H groups in total. The lowest BCUT2D eigenvalue weighted by atomic mass is 10.0. The van der Waals surface area contributed by atoms with Crippen LogP contribution in [-0.2, 0) is 11.3 Å². The molecule has 200 valence electrons. The van der Waals surface area contributed by atoms with Gasteiger partial charge in [0.1, 0.15) is 5.75 Å².